The molecule has 1 N–H and O–H groups in total. The third-order valence-corrected chi connectivity index (χ3v) is 5.89. The van der Waals surface area contributed by atoms with Crippen LogP contribution in [0.25, 0.3) is 0 Å². The lowest BCUT2D eigenvalue weighted by molar-refractivity contribution is -0.137. The van der Waals surface area contributed by atoms with Crippen LogP contribution in [0, 0.1) is 5.82 Å². The molecule has 0 saturated heterocycles. The van der Waals surface area contributed by atoms with E-state index in [0.717, 1.165) is 32.1 Å². The number of hydrogen-bond donors (Lipinski definition) is 1. The Morgan fingerprint density at radius 3 is 2.61 bits per heavy atom. The van der Waals surface area contributed by atoms with E-state index < -0.39 is 11.7 Å². The lowest BCUT2D eigenvalue weighted by Gasteiger charge is -2.34. The van der Waals surface area contributed by atoms with E-state index >= 15 is 0 Å². The standard InChI is InChI=1S/C23H25FN2O2/c24-17-10-11-19-20(15-22(27)25-21(19)14-17)23(28)26(18-8-4-5-9-18)13-12-16-6-2-1-3-7-16/h1-3,6-7,10-11,14,18,20H,4-5,8-9,12-13,15H2,(H,25,27). The Balaban J connectivity index is 1.59. The molecule has 1 heterocycles. The monoisotopic (exact) mass is 380 g/mol. The fourth-order valence-electron chi connectivity index (χ4n) is 4.44. The van der Waals surface area contributed by atoms with Crippen molar-refractivity contribution >= 4 is 17.5 Å². The van der Waals surface area contributed by atoms with Gasteiger partial charge in [-0.05, 0) is 42.5 Å². The zero-order valence-corrected chi connectivity index (χ0v) is 15.9. The molecule has 2 aromatic carbocycles. The Kier molecular flexibility index (Phi) is 5.42. The number of carbonyl (C=O) groups is 2. The van der Waals surface area contributed by atoms with Crippen LogP contribution in [0.5, 0.6) is 0 Å². The first kappa shape index (κ1) is 18.7. The molecular weight excluding hydrogens is 355 g/mol. The number of nitrogens with zero attached hydrogens (tertiary/aromatic N) is 1. The van der Waals surface area contributed by atoms with Crippen LogP contribution in [-0.4, -0.2) is 29.3 Å². The van der Waals surface area contributed by atoms with Crippen molar-refractivity contribution in [2.24, 2.45) is 0 Å². The number of nitrogens with one attached hydrogen (secondary N) is 1. The lowest BCUT2D eigenvalue weighted by atomic mass is 9.88. The predicted octanol–water partition coefficient (Wildman–Crippen LogP) is 4.27. The van der Waals surface area contributed by atoms with Crippen LogP contribution in [0.1, 0.15) is 49.1 Å². The summed E-state index contributed by atoms with van der Waals surface area (Å²) in [5, 5.41) is 2.70. The van der Waals surface area contributed by atoms with Crippen molar-refractivity contribution in [1.29, 1.82) is 0 Å². The van der Waals surface area contributed by atoms with Gasteiger partial charge >= 0.3 is 0 Å². The van der Waals surface area contributed by atoms with E-state index in [1.807, 2.05) is 23.1 Å². The van der Waals surface area contributed by atoms with Crippen molar-refractivity contribution in [2.75, 3.05) is 11.9 Å². The van der Waals surface area contributed by atoms with E-state index in [9.17, 15) is 14.0 Å². The van der Waals surface area contributed by atoms with E-state index in [1.165, 1.54) is 17.7 Å². The van der Waals surface area contributed by atoms with Gasteiger partial charge in [0.2, 0.25) is 11.8 Å². The highest BCUT2D eigenvalue weighted by molar-refractivity contribution is 6.01. The third kappa shape index (κ3) is 3.93. The van der Waals surface area contributed by atoms with Crippen LogP contribution in [0.2, 0.25) is 0 Å². The van der Waals surface area contributed by atoms with Gasteiger partial charge in [0.25, 0.3) is 0 Å². The van der Waals surface area contributed by atoms with Crippen LogP contribution in [0.4, 0.5) is 10.1 Å². The largest absolute Gasteiger partial charge is 0.339 e. The topological polar surface area (TPSA) is 49.4 Å². The highest BCUT2D eigenvalue weighted by atomic mass is 19.1. The zero-order chi connectivity index (χ0) is 19.5. The first-order valence-corrected chi connectivity index (χ1v) is 10.1. The van der Waals surface area contributed by atoms with Crippen LogP contribution < -0.4 is 5.32 Å². The van der Waals surface area contributed by atoms with Gasteiger partial charge in [-0.25, -0.2) is 4.39 Å². The average molecular weight is 380 g/mol. The van der Waals surface area contributed by atoms with E-state index in [-0.39, 0.29) is 24.3 Å². The summed E-state index contributed by atoms with van der Waals surface area (Å²) in [6, 6.07) is 14.7. The molecule has 0 radical (unpaired) electrons. The van der Waals surface area contributed by atoms with Gasteiger partial charge in [-0.15, -0.1) is 0 Å². The maximum Gasteiger partial charge on any atom is 0.230 e. The van der Waals surface area contributed by atoms with Gasteiger partial charge in [0.15, 0.2) is 0 Å². The molecule has 0 bridgehead atoms. The Bertz CT molecular complexity index is 862. The number of anilines is 1. The van der Waals surface area contributed by atoms with Crippen molar-refractivity contribution in [3.63, 3.8) is 0 Å². The quantitative estimate of drug-likeness (QED) is 0.842. The number of rotatable bonds is 5. The van der Waals surface area contributed by atoms with Crippen molar-refractivity contribution in [3.8, 4) is 0 Å². The van der Waals surface area contributed by atoms with E-state index in [0.29, 0.717) is 17.8 Å². The SMILES string of the molecule is O=C1CC(C(=O)N(CCc2ccccc2)C2CCCC2)c2ccc(F)cc2N1. The third-order valence-electron chi connectivity index (χ3n) is 5.89. The highest BCUT2D eigenvalue weighted by Crippen LogP contribution is 2.36. The first-order chi connectivity index (χ1) is 13.6. The molecule has 28 heavy (non-hydrogen) atoms. The Morgan fingerprint density at radius 2 is 1.86 bits per heavy atom. The molecule has 1 saturated carbocycles. The number of fused-ring (bicyclic) bond motifs is 1. The highest BCUT2D eigenvalue weighted by Gasteiger charge is 2.36. The first-order valence-electron chi connectivity index (χ1n) is 10.1. The number of amides is 2. The molecule has 146 valence electrons. The molecule has 4 nitrogen and oxygen atoms in total. The van der Waals surface area contributed by atoms with Gasteiger partial charge in [0, 0.05) is 24.7 Å². The fraction of sp³-hybridized carbons (Fsp3) is 0.391. The summed E-state index contributed by atoms with van der Waals surface area (Å²) < 4.78 is 13.6. The summed E-state index contributed by atoms with van der Waals surface area (Å²) in [5.41, 5.74) is 2.33. The van der Waals surface area contributed by atoms with Crippen LogP contribution in [-0.2, 0) is 16.0 Å². The Morgan fingerprint density at radius 1 is 1.11 bits per heavy atom. The molecule has 2 aromatic rings. The minimum absolute atomic E-state index is 0.00876. The van der Waals surface area contributed by atoms with E-state index in [4.69, 9.17) is 0 Å². The number of benzene rings is 2. The molecule has 1 atom stereocenters. The van der Waals surface area contributed by atoms with Crippen molar-refractivity contribution in [3.05, 3.63) is 65.5 Å². The Hall–Kier alpha value is -2.69. The number of carbonyl (C=O) groups excluding carboxylic acids is 2. The minimum atomic E-state index is -0.541. The van der Waals surface area contributed by atoms with Crippen molar-refractivity contribution in [1.82, 2.24) is 4.90 Å². The van der Waals surface area contributed by atoms with Crippen molar-refractivity contribution in [2.45, 2.75) is 50.5 Å². The second-order valence-corrected chi connectivity index (χ2v) is 7.74. The second kappa shape index (κ2) is 8.13. The van der Waals surface area contributed by atoms with Gasteiger partial charge in [0.1, 0.15) is 5.82 Å². The van der Waals surface area contributed by atoms with Crippen LogP contribution in [0.15, 0.2) is 48.5 Å². The van der Waals surface area contributed by atoms with Crippen LogP contribution in [0.3, 0.4) is 0 Å². The summed E-state index contributed by atoms with van der Waals surface area (Å²) in [4.78, 5) is 27.7. The fourth-order valence-corrected chi connectivity index (χ4v) is 4.44. The summed E-state index contributed by atoms with van der Waals surface area (Å²) >= 11 is 0. The molecule has 1 unspecified atom stereocenters. The maximum absolute atomic E-state index is 13.6. The molecular formula is C23H25FN2O2. The second-order valence-electron chi connectivity index (χ2n) is 7.74. The van der Waals surface area contributed by atoms with Crippen molar-refractivity contribution < 1.29 is 14.0 Å². The molecule has 2 aliphatic rings. The maximum atomic E-state index is 13.6. The molecule has 1 aliphatic heterocycles. The molecule has 2 amide bonds. The number of halogens is 1. The predicted molar refractivity (Wildman–Crippen MR) is 107 cm³/mol. The smallest absolute Gasteiger partial charge is 0.230 e. The van der Waals surface area contributed by atoms with Gasteiger partial charge in [-0.2, -0.15) is 0 Å². The van der Waals surface area contributed by atoms with Gasteiger partial charge < -0.3 is 10.2 Å². The zero-order valence-electron chi connectivity index (χ0n) is 15.9. The van der Waals surface area contributed by atoms with Crippen LogP contribution >= 0.6 is 0 Å². The van der Waals surface area contributed by atoms with Gasteiger partial charge in [0.05, 0.1) is 5.92 Å². The van der Waals surface area contributed by atoms with Gasteiger partial charge in [-0.1, -0.05) is 49.2 Å². The summed E-state index contributed by atoms with van der Waals surface area (Å²) in [7, 11) is 0. The summed E-state index contributed by atoms with van der Waals surface area (Å²) in [6.07, 6.45) is 5.19. The van der Waals surface area contributed by atoms with E-state index in [2.05, 4.69) is 17.4 Å². The minimum Gasteiger partial charge on any atom is -0.339 e. The van der Waals surface area contributed by atoms with E-state index in [1.54, 1.807) is 6.07 Å². The molecule has 0 spiro atoms. The molecule has 1 aliphatic carbocycles. The molecule has 4 rings (SSSR count). The Labute approximate surface area is 164 Å². The number of hydrogen-bond acceptors (Lipinski definition) is 2. The molecule has 0 aromatic heterocycles. The van der Waals surface area contributed by atoms with Gasteiger partial charge in [-0.3, -0.25) is 9.59 Å². The molecule has 1 fully saturated rings. The molecule has 5 heteroatoms. The average Bonchev–Trinajstić information content (AvgIpc) is 3.22. The summed E-state index contributed by atoms with van der Waals surface area (Å²) in [5.74, 6) is -1.19. The lowest BCUT2D eigenvalue weighted by Crippen LogP contribution is -2.44. The summed E-state index contributed by atoms with van der Waals surface area (Å²) in [6.45, 7) is 0.641. The normalized spacial score (nSPS) is 19.2.